The number of hydrogen-bond acceptors (Lipinski definition) is 3. The summed E-state index contributed by atoms with van der Waals surface area (Å²) in [5.41, 5.74) is 9.67. The van der Waals surface area contributed by atoms with Gasteiger partial charge in [0.1, 0.15) is 0 Å². The maximum atomic E-state index is 12.2. The minimum atomic E-state index is -0.428. The molecule has 1 aromatic heterocycles. The highest BCUT2D eigenvalue weighted by atomic mass is 16.2. The fourth-order valence-corrected chi connectivity index (χ4v) is 2.55. The summed E-state index contributed by atoms with van der Waals surface area (Å²) < 4.78 is 0. The Balaban J connectivity index is 1.94. The number of aryl methyl sites for hydroxylation is 1. The number of anilines is 1. The third-order valence-corrected chi connectivity index (χ3v) is 3.83. The molecule has 0 radical (unpaired) electrons. The van der Waals surface area contributed by atoms with Crippen LogP contribution in [0.5, 0.6) is 0 Å². The normalized spacial score (nSPS) is 17.3. The van der Waals surface area contributed by atoms with E-state index < -0.39 is 6.04 Å². The number of pyridine rings is 1. The molecule has 2 aromatic rings. The quantitative estimate of drug-likeness (QED) is 0.752. The van der Waals surface area contributed by atoms with Crippen molar-refractivity contribution in [2.24, 2.45) is 5.73 Å². The van der Waals surface area contributed by atoms with Crippen LogP contribution in [-0.4, -0.2) is 24.0 Å². The fourth-order valence-electron chi connectivity index (χ4n) is 2.55. The number of likely N-dealkylation sites (N-methyl/N-ethyl adjacent to an activating group) is 1. The molecular weight excluding hydrogens is 274 g/mol. The summed E-state index contributed by atoms with van der Waals surface area (Å²) in [6.07, 6.45) is 4.93. The molecule has 0 saturated heterocycles. The summed E-state index contributed by atoms with van der Waals surface area (Å²) in [5.74, 6) is 6.15. The fraction of sp³-hybridized carbons (Fsp3) is 0.222. The molecule has 0 saturated carbocycles. The molecule has 0 aliphatic carbocycles. The van der Waals surface area contributed by atoms with Gasteiger partial charge in [0, 0.05) is 36.3 Å². The number of aromatic nitrogens is 1. The van der Waals surface area contributed by atoms with Crippen molar-refractivity contribution in [3.8, 4) is 11.8 Å². The number of benzene rings is 1. The lowest BCUT2D eigenvalue weighted by Gasteiger charge is -2.19. The van der Waals surface area contributed by atoms with Crippen molar-refractivity contribution in [2.45, 2.75) is 18.9 Å². The van der Waals surface area contributed by atoms with E-state index in [4.69, 9.17) is 5.73 Å². The summed E-state index contributed by atoms with van der Waals surface area (Å²) >= 11 is 0. The maximum Gasteiger partial charge on any atom is 0.243 e. The summed E-state index contributed by atoms with van der Waals surface area (Å²) in [4.78, 5) is 17.8. The second-order valence-corrected chi connectivity index (χ2v) is 5.38. The van der Waals surface area contributed by atoms with Crippen molar-refractivity contribution in [2.75, 3.05) is 11.9 Å². The van der Waals surface area contributed by atoms with E-state index in [1.165, 1.54) is 0 Å². The Kier molecular flexibility index (Phi) is 3.90. The Labute approximate surface area is 130 Å². The zero-order valence-corrected chi connectivity index (χ0v) is 12.4. The highest BCUT2D eigenvalue weighted by Crippen LogP contribution is 2.26. The van der Waals surface area contributed by atoms with Crippen molar-refractivity contribution in [1.82, 2.24) is 4.98 Å². The highest BCUT2D eigenvalue weighted by molar-refractivity contribution is 5.98. The van der Waals surface area contributed by atoms with E-state index in [2.05, 4.69) is 16.8 Å². The summed E-state index contributed by atoms with van der Waals surface area (Å²) in [6, 6.07) is 9.31. The number of amides is 1. The third-order valence-electron chi connectivity index (χ3n) is 3.83. The lowest BCUT2D eigenvalue weighted by Crippen LogP contribution is -2.40. The molecule has 0 bridgehead atoms. The van der Waals surface area contributed by atoms with Crippen LogP contribution < -0.4 is 10.6 Å². The van der Waals surface area contributed by atoms with E-state index in [0.717, 1.165) is 28.8 Å². The molecule has 1 aliphatic heterocycles. The predicted octanol–water partition coefficient (Wildman–Crippen LogP) is 1.72. The van der Waals surface area contributed by atoms with Crippen LogP contribution >= 0.6 is 0 Å². The monoisotopic (exact) mass is 291 g/mol. The van der Waals surface area contributed by atoms with Gasteiger partial charge < -0.3 is 10.6 Å². The Hall–Kier alpha value is -2.64. The van der Waals surface area contributed by atoms with E-state index in [1.54, 1.807) is 24.3 Å². The minimum absolute atomic E-state index is 0.0453. The summed E-state index contributed by atoms with van der Waals surface area (Å²) in [6.45, 7) is 0. The highest BCUT2D eigenvalue weighted by Gasteiger charge is 2.25. The maximum absolute atomic E-state index is 12.2. The topological polar surface area (TPSA) is 59.2 Å². The average Bonchev–Trinajstić information content (AvgIpc) is 2.66. The number of rotatable bonds is 0. The molecule has 0 spiro atoms. The minimum Gasteiger partial charge on any atom is -0.320 e. The lowest BCUT2D eigenvalue weighted by atomic mass is 10.0. The van der Waals surface area contributed by atoms with Gasteiger partial charge in [-0.3, -0.25) is 9.78 Å². The first-order valence-electron chi connectivity index (χ1n) is 7.23. The van der Waals surface area contributed by atoms with Crippen molar-refractivity contribution < 1.29 is 4.79 Å². The van der Waals surface area contributed by atoms with Gasteiger partial charge in [0.25, 0.3) is 0 Å². The molecule has 1 aromatic carbocycles. The Morgan fingerprint density at radius 2 is 2.09 bits per heavy atom. The number of carbonyl (C=O) groups is 1. The molecule has 3 rings (SSSR count). The number of fused-ring (bicyclic) bond motifs is 1. The molecule has 1 amide bonds. The van der Waals surface area contributed by atoms with Crippen LogP contribution in [0.3, 0.4) is 0 Å². The van der Waals surface area contributed by atoms with Crippen LogP contribution in [0.2, 0.25) is 0 Å². The zero-order chi connectivity index (χ0) is 15.5. The van der Waals surface area contributed by atoms with Crippen LogP contribution in [0.25, 0.3) is 0 Å². The average molecular weight is 291 g/mol. The SMILES string of the molecule is CN1C(=O)[C@@H](N)CCc2ccc(C#Cc3cccnc3)cc21. The van der Waals surface area contributed by atoms with Gasteiger partial charge in [-0.1, -0.05) is 17.9 Å². The standard InChI is InChI=1S/C18H17N3O/c1-21-17-11-13(4-5-14-3-2-10-20-12-14)6-7-15(17)8-9-16(19)18(21)22/h2-3,6-7,10-12,16H,8-9,19H2,1H3/t16-/m0/s1. The number of nitrogens with zero attached hydrogens (tertiary/aromatic N) is 2. The van der Waals surface area contributed by atoms with Crippen LogP contribution in [-0.2, 0) is 11.2 Å². The van der Waals surface area contributed by atoms with Gasteiger partial charge in [0.05, 0.1) is 6.04 Å². The molecular formula is C18H17N3O. The van der Waals surface area contributed by atoms with Gasteiger partial charge in [-0.25, -0.2) is 0 Å². The molecule has 2 N–H and O–H groups in total. The molecule has 0 unspecified atom stereocenters. The lowest BCUT2D eigenvalue weighted by molar-refractivity contribution is -0.119. The first kappa shape index (κ1) is 14.3. The summed E-state index contributed by atoms with van der Waals surface area (Å²) in [7, 11) is 1.77. The van der Waals surface area contributed by atoms with E-state index >= 15 is 0 Å². The smallest absolute Gasteiger partial charge is 0.243 e. The zero-order valence-electron chi connectivity index (χ0n) is 12.4. The third kappa shape index (κ3) is 2.85. The van der Waals surface area contributed by atoms with Gasteiger partial charge in [0.15, 0.2) is 0 Å². The molecule has 1 atom stereocenters. The van der Waals surface area contributed by atoms with E-state index in [0.29, 0.717) is 6.42 Å². The largest absolute Gasteiger partial charge is 0.320 e. The van der Waals surface area contributed by atoms with Crippen molar-refractivity contribution in [3.63, 3.8) is 0 Å². The molecule has 2 heterocycles. The molecule has 22 heavy (non-hydrogen) atoms. The Morgan fingerprint density at radius 1 is 1.27 bits per heavy atom. The van der Waals surface area contributed by atoms with Gasteiger partial charge in [-0.2, -0.15) is 0 Å². The van der Waals surface area contributed by atoms with Crippen LogP contribution in [0.4, 0.5) is 5.69 Å². The first-order valence-corrected chi connectivity index (χ1v) is 7.23. The number of hydrogen-bond donors (Lipinski definition) is 1. The van der Waals surface area contributed by atoms with Gasteiger partial charge >= 0.3 is 0 Å². The van der Waals surface area contributed by atoms with Gasteiger partial charge in [-0.15, -0.1) is 0 Å². The molecule has 4 heteroatoms. The van der Waals surface area contributed by atoms with Crippen LogP contribution in [0.15, 0.2) is 42.7 Å². The predicted molar refractivity (Wildman–Crippen MR) is 86.4 cm³/mol. The second-order valence-electron chi connectivity index (χ2n) is 5.38. The van der Waals surface area contributed by atoms with E-state index in [1.807, 2.05) is 30.3 Å². The molecule has 4 nitrogen and oxygen atoms in total. The van der Waals surface area contributed by atoms with Crippen LogP contribution in [0.1, 0.15) is 23.1 Å². The number of nitrogens with two attached hydrogens (primary N) is 1. The molecule has 110 valence electrons. The molecule has 1 aliphatic rings. The molecule has 0 fully saturated rings. The van der Waals surface area contributed by atoms with Gasteiger partial charge in [-0.05, 0) is 42.7 Å². The Bertz CT molecular complexity index is 759. The first-order chi connectivity index (χ1) is 10.6. The van der Waals surface area contributed by atoms with Crippen molar-refractivity contribution in [1.29, 1.82) is 0 Å². The van der Waals surface area contributed by atoms with E-state index in [9.17, 15) is 4.79 Å². The van der Waals surface area contributed by atoms with Crippen molar-refractivity contribution in [3.05, 3.63) is 59.4 Å². The van der Waals surface area contributed by atoms with Crippen LogP contribution in [0, 0.1) is 11.8 Å². The number of carbonyl (C=O) groups excluding carboxylic acids is 1. The van der Waals surface area contributed by atoms with Crippen molar-refractivity contribution >= 4 is 11.6 Å². The van der Waals surface area contributed by atoms with Gasteiger partial charge in [0.2, 0.25) is 5.91 Å². The summed E-state index contributed by atoms with van der Waals surface area (Å²) in [5, 5.41) is 0. The Morgan fingerprint density at radius 3 is 2.86 bits per heavy atom. The second kappa shape index (κ2) is 6.00. The van der Waals surface area contributed by atoms with E-state index in [-0.39, 0.29) is 5.91 Å².